The molecule has 0 aliphatic rings. The zero-order chi connectivity index (χ0) is 16.2. The molecule has 3 nitrogen and oxygen atoms in total. The SMILES string of the molecule is CCN(Cc1ccccc1)C(=O)Cc1c[nH]c2cc(F)ccc12. The number of hydrogen-bond acceptors (Lipinski definition) is 1. The Balaban J connectivity index is 1.76. The number of aromatic nitrogens is 1. The molecule has 0 unspecified atom stereocenters. The lowest BCUT2D eigenvalue weighted by Gasteiger charge is -2.21. The number of halogens is 1. The molecular formula is C19H19FN2O. The Labute approximate surface area is 134 Å². The van der Waals surface area contributed by atoms with Crippen molar-refractivity contribution in [1.29, 1.82) is 0 Å². The van der Waals surface area contributed by atoms with Gasteiger partial charge in [-0.15, -0.1) is 0 Å². The van der Waals surface area contributed by atoms with Gasteiger partial charge in [0.15, 0.2) is 0 Å². The van der Waals surface area contributed by atoms with Crippen LogP contribution in [0.5, 0.6) is 0 Å². The molecule has 118 valence electrons. The molecule has 0 radical (unpaired) electrons. The third kappa shape index (κ3) is 3.42. The molecule has 4 heteroatoms. The van der Waals surface area contributed by atoms with Crippen LogP contribution in [0.4, 0.5) is 4.39 Å². The van der Waals surface area contributed by atoms with Crippen molar-refractivity contribution >= 4 is 16.8 Å². The summed E-state index contributed by atoms with van der Waals surface area (Å²) in [6.07, 6.45) is 2.10. The topological polar surface area (TPSA) is 36.1 Å². The highest BCUT2D eigenvalue weighted by Gasteiger charge is 2.15. The molecule has 0 spiro atoms. The number of benzene rings is 2. The van der Waals surface area contributed by atoms with Crippen LogP contribution >= 0.6 is 0 Å². The lowest BCUT2D eigenvalue weighted by Crippen LogP contribution is -2.31. The van der Waals surface area contributed by atoms with Gasteiger partial charge >= 0.3 is 0 Å². The highest BCUT2D eigenvalue weighted by Crippen LogP contribution is 2.20. The first kappa shape index (κ1) is 15.3. The summed E-state index contributed by atoms with van der Waals surface area (Å²) in [5.74, 6) is -0.210. The predicted molar refractivity (Wildman–Crippen MR) is 89.5 cm³/mol. The molecule has 2 aromatic carbocycles. The van der Waals surface area contributed by atoms with Gasteiger partial charge in [-0.25, -0.2) is 4.39 Å². The number of amides is 1. The summed E-state index contributed by atoms with van der Waals surface area (Å²) in [4.78, 5) is 17.5. The standard InChI is InChI=1S/C19H19FN2O/c1-2-22(13-14-6-4-3-5-7-14)19(23)10-15-12-21-18-11-16(20)8-9-17(15)18/h3-9,11-12,21H,2,10,13H2,1H3. The molecule has 0 aliphatic carbocycles. The molecule has 3 rings (SSSR count). The van der Waals surface area contributed by atoms with Gasteiger partial charge in [-0.05, 0) is 36.2 Å². The molecule has 0 fully saturated rings. The second-order valence-corrected chi connectivity index (χ2v) is 5.57. The number of nitrogens with one attached hydrogen (secondary N) is 1. The Bertz CT molecular complexity index is 811. The molecule has 1 aromatic heterocycles. The largest absolute Gasteiger partial charge is 0.361 e. The number of fused-ring (bicyclic) bond motifs is 1. The van der Waals surface area contributed by atoms with E-state index in [1.54, 1.807) is 12.3 Å². The average Bonchev–Trinajstić information content (AvgIpc) is 2.95. The summed E-state index contributed by atoms with van der Waals surface area (Å²) < 4.78 is 13.2. The molecule has 0 saturated carbocycles. The quantitative estimate of drug-likeness (QED) is 0.762. The lowest BCUT2D eigenvalue weighted by atomic mass is 10.1. The van der Waals surface area contributed by atoms with E-state index in [-0.39, 0.29) is 11.7 Å². The van der Waals surface area contributed by atoms with Crippen molar-refractivity contribution < 1.29 is 9.18 Å². The van der Waals surface area contributed by atoms with Crippen LogP contribution in [0.15, 0.2) is 54.7 Å². The third-order valence-electron chi connectivity index (χ3n) is 4.02. The van der Waals surface area contributed by atoms with Crippen LogP contribution in [0.25, 0.3) is 10.9 Å². The first-order valence-corrected chi connectivity index (χ1v) is 7.74. The zero-order valence-electron chi connectivity index (χ0n) is 13.1. The highest BCUT2D eigenvalue weighted by molar-refractivity contribution is 5.88. The molecule has 1 heterocycles. The first-order chi connectivity index (χ1) is 11.2. The molecular weight excluding hydrogens is 291 g/mol. The minimum Gasteiger partial charge on any atom is -0.361 e. The van der Waals surface area contributed by atoms with Gasteiger partial charge in [0.1, 0.15) is 5.82 Å². The van der Waals surface area contributed by atoms with E-state index < -0.39 is 0 Å². The van der Waals surface area contributed by atoms with Gasteiger partial charge in [0, 0.05) is 30.2 Å². The fourth-order valence-corrected chi connectivity index (χ4v) is 2.76. The van der Waals surface area contributed by atoms with Crippen LogP contribution in [-0.4, -0.2) is 22.3 Å². The van der Waals surface area contributed by atoms with Crippen LogP contribution in [0, 0.1) is 5.82 Å². The van der Waals surface area contributed by atoms with E-state index in [1.807, 2.05) is 42.2 Å². The number of rotatable bonds is 5. The summed E-state index contributed by atoms with van der Waals surface area (Å²) in [6.45, 7) is 3.24. The van der Waals surface area contributed by atoms with Gasteiger partial charge in [-0.2, -0.15) is 0 Å². The van der Waals surface area contributed by atoms with E-state index in [0.29, 0.717) is 19.5 Å². The lowest BCUT2D eigenvalue weighted by molar-refractivity contribution is -0.130. The van der Waals surface area contributed by atoms with E-state index in [1.165, 1.54) is 12.1 Å². The summed E-state index contributed by atoms with van der Waals surface area (Å²) in [7, 11) is 0. The van der Waals surface area contributed by atoms with Gasteiger partial charge in [-0.3, -0.25) is 4.79 Å². The summed E-state index contributed by atoms with van der Waals surface area (Å²) in [5, 5.41) is 0.899. The van der Waals surface area contributed by atoms with Crippen molar-refractivity contribution in [3.63, 3.8) is 0 Å². The number of H-pyrrole nitrogens is 1. The van der Waals surface area contributed by atoms with E-state index in [0.717, 1.165) is 22.0 Å². The van der Waals surface area contributed by atoms with E-state index in [9.17, 15) is 9.18 Å². The first-order valence-electron chi connectivity index (χ1n) is 7.74. The Morgan fingerprint density at radius 2 is 1.96 bits per heavy atom. The maximum atomic E-state index is 13.2. The van der Waals surface area contributed by atoms with Gasteiger partial charge in [0.2, 0.25) is 5.91 Å². The average molecular weight is 310 g/mol. The monoisotopic (exact) mass is 310 g/mol. The summed E-state index contributed by atoms with van der Waals surface area (Å²) >= 11 is 0. The maximum absolute atomic E-state index is 13.2. The zero-order valence-corrected chi connectivity index (χ0v) is 13.1. The second kappa shape index (κ2) is 6.65. The van der Waals surface area contributed by atoms with Gasteiger partial charge < -0.3 is 9.88 Å². The van der Waals surface area contributed by atoms with Crippen molar-refractivity contribution in [1.82, 2.24) is 9.88 Å². The van der Waals surface area contributed by atoms with Crippen LogP contribution in [0.1, 0.15) is 18.1 Å². The number of likely N-dealkylation sites (N-methyl/N-ethyl adjacent to an activating group) is 1. The van der Waals surface area contributed by atoms with E-state index >= 15 is 0 Å². The fraction of sp³-hybridized carbons (Fsp3) is 0.211. The van der Waals surface area contributed by atoms with Gasteiger partial charge in [0.25, 0.3) is 0 Å². The Morgan fingerprint density at radius 1 is 1.17 bits per heavy atom. The predicted octanol–water partition coefficient (Wildman–Crippen LogP) is 3.90. The number of nitrogens with zero attached hydrogens (tertiary/aromatic N) is 1. The molecule has 23 heavy (non-hydrogen) atoms. The molecule has 0 atom stereocenters. The minimum absolute atomic E-state index is 0.0709. The van der Waals surface area contributed by atoms with Crippen molar-refractivity contribution in [3.05, 3.63) is 71.7 Å². The second-order valence-electron chi connectivity index (χ2n) is 5.57. The highest BCUT2D eigenvalue weighted by atomic mass is 19.1. The van der Waals surface area contributed by atoms with E-state index in [2.05, 4.69) is 4.98 Å². The van der Waals surface area contributed by atoms with Crippen molar-refractivity contribution in [2.24, 2.45) is 0 Å². The number of aromatic amines is 1. The third-order valence-corrected chi connectivity index (χ3v) is 4.02. The van der Waals surface area contributed by atoms with Crippen molar-refractivity contribution in [3.8, 4) is 0 Å². The molecule has 0 saturated heterocycles. The molecule has 1 amide bonds. The Hall–Kier alpha value is -2.62. The number of hydrogen-bond donors (Lipinski definition) is 1. The smallest absolute Gasteiger partial charge is 0.227 e. The van der Waals surface area contributed by atoms with Crippen LogP contribution < -0.4 is 0 Å². The van der Waals surface area contributed by atoms with Crippen LogP contribution in [-0.2, 0) is 17.8 Å². The molecule has 3 aromatic rings. The van der Waals surface area contributed by atoms with Crippen LogP contribution in [0.3, 0.4) is 0 Å². The summed E-state index contributed by atoms with van der Waals surface area (Å²) in [5.41, 5.74) is 2.74. The fourth-order valence-electron chi connectivity index (χ4n) is 2.76. The summed E-state index contributed by atoms with van der Waals surface area (Å²) in [6, 6.07) is 14.5. The van der Waals surface area contributed by atoms with Gasteiger partial charge in [0.05, 0.1) is 6.42 Å². The number of carbonyl (C=O) groups is 1. The van der Waals surface area contributed by atoms with Gasteiger partial charge in [-0.1, -0.05) is 30.3 Å². The van der Waals surface area contributed by atoms with Crippen LogP contribution in [0.2, 0.25) is 0 Å². The van der Waals surface area contributed by atoms with Crippen molar-refractivity contribution in [2.45, 2.75) is 19.9 Å². The maximum Gasteiger partial charge on any atom is 0.227 e. The Kier molecular flexibility index (Phi) is 4.42. The minimum atomic E-state index is -0.281. The normalized spacial score (nSPS) is 10.9. The Morgan fingerprint density at radius 3 is 2.70 bits per heavy atom. The molecule has 1 N–H and O–H groups in total. The number of carbonyl (C=O) groups excluding carboxylic acids is 1. The molecule has 0 aliphatic heterocycles. The van der Waals surface area contributed by atoms with Crippen molar-refractivity contribution in [2.75, 3.05) is 6.54 Å². The van der Waals surface area contributed by atoms with E-state index in [4.69, 9.17) is 0 Å². The molecule has 0 bridgehead atoms.